The second-order valence-corrected chi connectivity index (χ2v) is 5.80. The van der Waals surface area contributed by atoms with Crippen LogP contribution in [0, 0.1) is 5.92 Å². The van der Waals surface area contributed by atoms with E-state index in [0.717, 1.165) is 25.1 Å². The van der Waals surface area contributed by atoms with E-state index in [4.69, 9.17) is 0 Å². The third kappa shape index (κ3) is 2.49. The molecule has 0 saturated carbocycles. The second-order valence-electron chi connectivity index (χ2n) is 4.65. The number of likely N-dealkylation sites (tertiary alicyclic amines) is 1. The Hall–Kier alpha value is -0.180. The first-order valence-corrected chi connectivity index (χ1v) is 7.36. The van der Waals surface area contributed by atoms with E-state index in [9.17, 15) is 4.79 Å². The van der Waals surface area contributed by atoms with Crippen molar-refractivity contribution in [3.8, 4) is 0 Å². The van der Waals surface area contributed by atoms with Crippen LogP contribution in [-0.2, 0) is 4.79 Å². The molecule has 0 aromatic carbocycles. The summed E-state index contributed by atoms with van der Waals surface area (Å²) in [5.41, 5.74) is 0. The molecule has 0 radical (unpaired) electrons. The maximum Gasteiger partial charge on any atom is 0.226 e. The van der Waals surface area contributed by atoms with Gasteiger partial charge in [0.2, 0.25) is 5.91 Å². The Kier molecular flexibility index (Phi) is 3.95. The monoisotopic (exact) mass is 227 g/mol. The summed E-state index contributed by atoms with van der Waals surface area (Å²) in [4.78, 5) is 14.5. The van der Waals surface area contributed by atoms with Gasteiger partial charge in [-0.3, -0.25) is 4.79 Å². The fraction of sp³-hybridized carbons (Fsp3) is 0.917. The highest BCUT2D eigenvalue weighted by molar-refractivity contribution is 7.99. The van der Waals surface area contributed by atoms with Gasteiger partial charge in [-0.05, 0) is 37.9 Å². The lowest BCUT2D eigenvalue weighted by atomic mass is 9.97. The van der Waals surface area contributed by atoms with Crippen LogP contribution in [0.2, 0.25) is 0 Å². The summed E-state index contributed by atoms with van der Waals surface area (Å²) in [6.45, 7) is 3.22. The Balaban J connectivity index is 1.96. The highest BCUT2D eigenvalue weighted by atomic mass is 32.2. The number of hydrogen-bond acceptors (Lipinski definition) is 2. The molecule has 0 N–H and O–H groups in total. The van der Waals surface area contributed by atoms with Crippen LogP contribution in [-0.4, -0.2) is 34.9 Å². The van der Waals surface area contributed by atoms with Crippen molar-refractivity contribution in [2.45, 2.75) is 45.1 Å². The van der Waals surface area contributed by atoms with Gasteiger partial charge in [-0.15, -0.1) is 0 Å². The molecule has 2 atom stereocenters. The molecule has 2 unspecified atom stereocenters. The predicted molar refractivity (Wildman–Crippen MR) is 65.1 cm³/mol. The van der Waals surface area contributed by atoms with Gasteiger partial charge >= 0.3 is 0 Å². The smallest absolute Gasteiger partial charge is 0.226 e. The van der Waals surface area contributed by atoms with Gasteiger partial charge in [0.25, 0.3) is 0 Å². The van der Waals surface area contributed by atoms with Crippen molar-refractivity contribution in [2.75, 3.05) is 18.1 Å². The van der Waals surface area contributed by atoms with Crippen molar-refractivity contribution < 1.29 is 4.79 Å². The maximum absolute atomic E-state index is 12.3. The Labute approximate surface area is 96.8 Å². The SMILES string of the molecule is CCC1CCCCN1C(=O)C1CCSC1. The fourth-order valence-electron chi connectivity index (χ4n) is 2.68. The van der Waals surface area contributed by atoms with Crippen molar-refractivity contribution in [2.24, 2.45) is 5.92 Å². The Morgan fingerprint density at radius 1 is 1.40 bits per heavy atom. The molecule has 0 aliphatic carbocycles. The largest absolute Gasteiger partial charge is 0.339 e. The summed E-state index contributed by atoms with van der Waals surface area (Å²) in [7, 11) is 0. The Bertz CT molecular complexity index is 226. The molecule has 86 valence electrons. The first-order valence-electron chi connectivity index (χ1n) is 6.21. The van der Waals surface area contributed by atoms with Gasteiger partial charge in [-0.2, -0.15) is 11.8 Å². The van der Waals surface area contributed by atoms with E-state index in [0.29, 0.717) is 17.9 Å². The number of amides is 1. The molecule has 2 fully saturated rings. The van der Waals surface area contributed by atoms with E-state index in [1.165, 1.54) is 25.0 Å². The minimum atomic E-state index is 0.335. The molecule has 2 rings (SSSR count). The van der Waals surface area contributed by atoms with Crippen LogP contribution < -0.4 is 0 Å². The highest BCUT2D eigenvalue weighted by Gasteiger charge is 2.32. The van der Waals surface area contributed by atoms with Crippen LogP contribution in [0.5, 0.6) is 0 Å². The molecule has 0 bridgehead atoms. The van der Waals surface area contributed by atoms with Crippen LogP contribution in [0.4, 0.5) is 0 Å². The number of piperidine rings is 1. The van der Waals surface area contributed by atoms with E-state index in [1.807, 2.05) is 11.8 Å². The number of carbonyl (C=O) groups is 1. The number of carbonyl (C=O) groups excluding carboxylic acids is 1. The lowest BCUT2D eigenvalue weighted by molar-refractivity contribution is -0.138. The van der Waals surface area contributed by atoms with Crippen LogP contribution in [0.1, 0.15) is 39.0 Å². The van der Waals surface area contributed by atoms with E-state index >= 15 is 0 Å². The lowest BCUT2D eigenvalue weighted by Gasteiger charge is -2.36. The first kappa shape index (κ1) is 11.3. The van der Waals surface area contributed by atoms with Crippen LogP contribution in [0.25, 0.3) is 0 Å². The van der Waals surface area contributed by atoms with Crippen molar-refractivity contribution in [1.29, 1.82) is 0 Å². The van der Waals surface area contributed by atoms with E-state index < -0.39 is 0 Å². The van der Waals surface area contributed by atoms with E-state index in [1.54, 1.807) is 0 Å². The first-order chi connectivity index (χ1) is 7.33. The number of nitrogens with zero attached hydrogens (tertiary/aromatic N) is 1. The molecule has 2 aliphatic heterocycles. The average molecular weight is 227 g/mol. The van der Waals surface area contributed by atoms with Gasteiger partial charge in [0.15, 0.2) is 0 Å². The van der Waals surface area contributed by atoms with Crippen molar-refractivity contribution >= 4 is 17.7 Å². The van der Waals surface area contributed by atoms with Crippen molar-refractivity contribution in [1.82, 2.24) is 4.90 Å². The number of hydrogen-bond donors (Lipinski definition) is 0. The molecule has 15 heavy (non-hydrogen) atoms. The Morgan fingerprint density at radius 2 is 2.27 bits per heavy atom. The maximum atomic E-state index is 12.3. The van der Waals surface area contributed by atoms with Crippen LogP contribution >= 0.6 is 11.8 Å². The molecular formula is C12H21NOS. The molecule has 2 heterocycles. The molecule has 2 nitrogen and oxygen atoms in total. The summed E-state index contributed by atoms with van der Waals surface area (Å²) in [5, 5.41) is 0. The van der Waals surface area contributed by atoms with E-state index in [-0.39, 0.29) is 0 Å². The van der Waals surface area contributed by atoms with Gasteiger partial charge in [0.05, 0.1) is 0 Å². The summed E-state index contributed by atoms with van der Waals surface area (Å²) in [6.07, 6.45) is 5.98. The standard InChI is InChI=1S/C12H21NOS/c1-2-11-5-3-4-7-13(11)12(14)10-6-8-15-9-10/h10-11H,2-9H2,1H3. The molecule has 0 aromatic heterocycles. The highest BCUT2D eigenvalue weighted by Crippen LogP contribution is 2.28. The number of rotatable bonds is 2. The molecule has 3 heteroatoms. The topological polar surface area (TPSA) is 20.3 Å². The lowest BCUT2D eigenvalue weighted by Crippen LogP contribution is -2.46. The fourth-order valence-corrected chi connectivity index (χ4v) is 3.89. The number of thioether (sulfide) groups is 1. The summed E-state index contributed by atoms with van der Waals surface area (Å²) >= 11 is 1.94. The third-order valence-electron chi connectivity index (χ3n) is 3.66. The van der Waals surface area contributed by atoms with Gasteiger partial charge in [-0.25, -0.2) is 0 Å². The average Bonchev–Trinajstić information content (AvgIpc) is 2.81. The van der Waals surface area contributed by atoms with Gasteiger partial charge in [0, 0.05) is 24.3 Å². The van der Waals surface area contributed by atoms with Gasteiger partial charge < -0.3 is 4.90 Å². The second kappa shape index (κ2) is 5.24. The molecule has 0 aromatic rings. The molecule has 0 spiro atoms. The van der Waals surface area contributed by atoms with Crippen molar-refractivity contribution in [3.63, 3.8) is 0 Å². The zero-order valence-electron chi connectivity index (χ0n) is 9.58. The van der Waals surface area contributed by atoms with Crippen molar-refractivity contribution in [3.05, 3.63) is 0 Å². The summed E-state index contributed by atoms with van der Waals surface area (Å²) in [6, 6.07) is 0.539. The van der Waals surface area contributed by atoms with Gasteiger partial charge in [-0.1, -0.05) is 6.92 Å². The minimum Gasteiger partial charge on any atom is -0.339 e. The molecule has 2 saturated heterocycles. The molecular weight excluding hydrogens is 206 g/mol. The molecule has 2 aliphatic rings. The summed E-state index contributed by atoms with van der Waals surface area (Å²) in [5.74, 6) is 3.03. The zero-order chi connectivity index (χ0) is 10.7. The molecule has 1 amide bonds. The summed E-state index contributed by atoms with van der Waals surface area (Å²) < 4.78 is 0. The van der Waals surface area contributed by atoms with Crippen LogP contribution in [0.3, 0.4) is 0 Å². The quantitative estimate of drug-likeness (QED) is 0.722. The van der Waals surface area contributed by atoms with Crippen LogP contribution in [0.15, 0.2) is 0 Å². The predicted octanol–water partition coefficient (Wildman–Crippen LogP) is 2.53. The normalized spacial score (nSPS) is 31.9. The minimum absolute atomic E-state index is 0.335. The zero-order valence-corrected chi connectivity index (χ0v) is 10.4. The van der Waals surface area contributed by atoms with Gasteiger partial charge in [0.1, 0.15) is 0 Å². The Morgan fingerprint density at radius 3 is 2.93 bits per heavy atom. The van der Waals surface area contributed by atoms with E-state index in [2.05, 4.69) is 11.8 Å². The third-order valence-corrected chi connectivity index (χ3v) is 4.82.